The molecule has 0 radical (unpaired) electrons. The first-order valence-corrected chi connectivity index (χ1v) is 3.66. The first-order chi connectivity index (χ1) is 5.16. The lowest BCUT2D eigenvalue weighted by atomic mass is 10.3. The van der Waals surface area contributed by atoms with Crippen LogP contribution in [-0.4, -0.2) is 6.04 Å². The molecule has 60 valence electrons. The van der Waals surface area contributed by atoms with E-state index in [1.54, 1.807) is 13.0 Å². The molecule has 0 saturated carbocycles. The van der Waals surface area contributed by atoms with Crippen molar-refractivity contribution in [2.45, 2.75) is 26.8 Å². The SMILES string of the molecule is C/C(C#N)=C\C=C\NC(C)C. The van der Waals surface area contributed by atoms with E-state index in [2.05, 4.69) is 19.2 Å². The van der Waals surface area contributed by atoms with Gasteiger partial charge in [0.25, 0.3) is 0 Å². The van der Waals surface area contributed by atoms with E-state index in [0.29, 0.717) is 11.6 Å². The van der Waals surface area contributed by atoms with Crippen molar-refractivity contribution in [3.05, 3.63) is 23.9 Å². The van der Waals surface area contributed by atoms with Crippen LogP contribution in [0.25, 0.3) is 0 Å². The molecule has 0 aliphatic rings. The number of hydrogen-bond acceptors (Lipinski definition) is 2. The van der Waals surface area contributed by atoms with Crippen LogP contribution in [0.2, 0.25) is 0 Å². The first-order valence-electron chi connectivity index (χ1n) is 3.66. The lowest BCUT2D eigenvalue weighted by molar-refractivity contribution is 0.703. The molecule has 2 heteroatoms. The van der Waals surface area contributed by atoms with E-state index < -0.39 is 0 Å². The summed E-state index contributed by atoms with van der Waals surface area (Å²) in [6, 6.07) is 2.48. The summed E-state index contributed by atoms with van der Waals surface area (Å²) >= 11 is 0. The molecule has 0 heterocycles. The number of nitrogens with one attached hydrogen (secondary N) is 1. The van der Waals surface area contributed by atoms with Crippen molar-refractivity contribution in [3.63, 3.8) is 0 Å². The van der Waals surface area contributed by atoms with Crippen LogP contribution in [-0.2, 0) is 0 Å². The Morgan fingerprint density at radius 3 is 2.64 bits per heavy atom. The highest BCUT2D eigenvalue weighted by atomic mass is 14.9. The average molecular weight is 150 g/mol. The molecule has 2 nitrogen and oxygen atoms in total. The van der Waals surface area contributed by atoms with Gasteiger partial charge in [-0.3, -0.25) is 0 Å². The smallest absolute Gasteiger partial charge is 0.0944 e. The van der Waals surface area contributed by atoms with E-state index in [1.165, 1.54) is 0 Å². The zero-order chi connectivity index (χ0) is 8.69. The van der Waals surface area contributed by atoms with Gasteiger partial charge in [0.2, 0.25) is 0 Å². The summed E-state index contributed by atoms with van der Waals surface area (Å²) in [5.41, 5.74) is 0.715. The maximum Gasteiger partial charge on any atom is 0.0944 e. The van der Waals surface area contributed by atoms with Crippen molar-refractivity contribution >= 4 is 0 Å². The predicted octanol–water partition coefficient (Wildman–Crippen LogP) is 1.97. The molecular weight excluding hydrogens is 136 g/mol. The Kier molecular flexibility index (Phi) is 4.93. The first kappa shape index (κ1) is 9.77. The predicted molar refractivity (Wildman–Crippen MR) is 46.8 cm³/mol. The molecule has 0 aliphatic heterocycles. The van der Waals surface area contributed by atoms with Crippen LogP contribution in [0.5, 0.6) is 0 Å². The van der Waals surface area contributed by atoms with Gasteiger partial charge in [0.1, 0.15) is 0 Å². The van der Waals surface area contributed by atoms with Gasteiger partial charge in [-0.25, -0.2) is 0 Å². The van der Waals surface area contributed by atoms with Crippen molar-refractivity contribution in [1.29, 1.82) is 5.26 Å². The molecule has 1 N–H and O–H groups in total. The summed E-state index contributed by atoms with van der Waals surface area (Å²) in [6.07, 6.45) is 5.44. The van der Waals surface area contributed by atoms with Gasteiger partial charge in [-0.05, 0) is 39.1 Å². The van der Waals surface area contributed by atoms with Crippen molar-refractivity contribution in [3.8, 4) is 6.07 Å². The van der Waals surface area contributed by atoms with Crippen LogP contribution in [0.1, 0.15) is 20.8 Å². The topological polar surface area (TPSA) is 35.8 Å². The molecule has 0 saturated heterocycles. The average Bonchev–Trinajstić information content (AvgIpc) is 1.97. The molecule has 11 heavy (non-hydrogen) atoms. The molecular formula is C9H14N2. The largest absolute Gasteiger partial charge is 0.389 e. The normalized spacial score (nSPS) is 12.1. The minimum Gasteiger partial charge on any atom is -0.389 e. The second kappa shape index (κ2) is 5.55. The Labute approximate surface area is 68.2 Å². The van der Waals surface area contributed by atoms with Gasteiger partial charge in [0.05, 0.1) is 6.07 Å². The molecule has 0 aromatic rings. The van der Waals surface area contributed by atoms with Gasteiger partial charge in [0, 0.05) is 11.6 Å². The number of rotatable bonds is 3. The van der Waals surface area contributed by atoms with Gasteiger partial charge in [-0.15, -0.1) is 0 Å². The molecule has 0 bridgehead atoms. The summed E-state index contributed by atoms with van der Waals surface area (Å²) in [5, 5.41) is 11.5. The summed E-state index contributed by atoms with van der Waals surface area (Å²) < 4.78 is 0. The number of hydrogen-bond donors (Lipinski definition) is 1. The minimum atomic E-state index is 0.446. The van der Waals surface area contributed by atoms with Crippen LogP contribution >= 0.6 is 0 Å². The Hall–Kier alpha value is -1.23. The third-order valence-corrected chi connectivity index (χ3v) is 1.05. The van der Waals surface area contributed by atoms with Crippen molar-refractivity contribution in [2.75, 3.05) is 0 Å². The highest BCUT2D eigenvalue weighted by Gasteiger charge is 1.82. The van der Waals surface area contributed by atoms with Crippen LogP contribution in [0.15, 0.2) is 23.9 Å². The second-order valence-electron chi connectivity index (χ2n) is 2.64. The van der Waals surface area contributed by atoms with E-state index in [1.807, 2.05) is 18.3 Å². The molecule has 0 spiro atoms. The highest BCUT2D eigenvalue weighted by molar-refractivity contribution is 5.22. The number of allylic oxidation sites excluding steroid dienone is 3. The van der Waals surface area contributed by atoms with E-state index >= 15 is 0 Å². The fraction of sp³-hybridized carbons (Fsp3) is 0.444. The third kappa shape index (κ3) is 6.66. The number of nitrogens with zero attached hydrogens (tertiary/aromatic N) is 1. The Morgan fingerprint density at radius 2 is 2.18 bits per heavy atom. The Bertz CT molecular complexity index is 194. The molecule has 0 rings (SSSR count). The van der Waals surface area contributed by atoms with Crippen molar-refractivity contribution in [2.24, 2.45) is 0 Å². The van der Waals surface area contributed by atoms with Crippen molar-refractivity contribution in [1.82, 2.24) is 5.32 Å². The molecule has 0 aromatic heterocycles. The number of nitriles is 1. The summed E-state index contributed by atoms with van der Waals surface area (Å²) in [7, 11) is 0. The molecule has 0 fully saturated rings. The molecule has 0 amide bonds. The lowest BCUT2D eigenvalue weighted by Crippen LogP contribution is -2.14. The van der Waals surface area contributed by atoms with Crippen LogP contribution in [0.4, 0.5) is 0 Å². The monoisotopic (exact) mass is 150 g/mol. The minimum absolute atomic E-state index is 0.446. The Balaban J connectivity index is 3.70. The zero-order valence-electron chi connectivity index (χ0n) is 7.26. The van der Waals surface area contributed by atoms with Gasteiger partial charge in [0.15, 0.2) is 0 Å². The summed E-state index contributed by atoms with van der Waals surface area (Å²) in [4.78, 5) is 0. The quantitative estimate of drug-likeness (QED) is 0.493. The Morgan fingerprint density at radius 1 is 1.55 bits per heavy atom. The maximum atomic E-state index is 8.37. The van der Waals surface area contributed by atoms with E-state index in [9.17, 15) is 0 Å². The van der Waals surface area contributed by atoms with Crippen LogP contribution in [0.3, 0.4) is 0 Å². The van der Waals surface area contributed by atoms with E-state index in [4.69, 9.17) is 5.26 Å². The zero-order valence-corrected chi connectivity index (χ0v) is 7.26. The maximum absolute atomic E-state index is 8.37. The summed E-state index contributed by atoms with van der Waals surface area (Å²) in [5.74, 6) is 0. The van der Waals surface area contributed by atoms with E-state index in [-0.39, 0.29) is 0 Å². The standard InChI is InChI=1S/C9H14N2/c1-8(2)11-6-4-5-9(3)7-10/h4-6,8,11H,1-3H3/b6-4+,9-5+. The highest BCUT2D eigenvalue weighted by Crippen LogP contribution is 1.88. The van der Waals surface area contributed by atoms with E-state index in [0.717, 1.165) is 0 Å². The van der Waals surface area contributed by atoms with Gasteiger partial charge in [-0.1, -0.05) is 0 Å². The molecule has 0 atom stereocenters. The summed E-state index contributed by atoms with van der Waals surface area (Å²) in [6.45, 7) is 5.90. The van der Waals surface area contributed by atoms with Crippen LogP contribution in [0, 0.1) is 11.3 Å². The van der Waals surface area contributed by atoms with Crippen LogP contribution < -0.4 is 5.32 Å². The van der Waals surface area contributed by atoms with Gasteiger partial charge in [-0.2, -0.15) is 5.26 Å². The fourth-order valence-corrected chi connectivity index (χ4v) is 0.478. The van der Waals surface area contributed by atoms with Gasteiger partial charge >= 0.3 is 0 Å². The van der Waals surface area contributed by atoms with Crippen molar-refractivity contribution < 1.29 is 0 Å². The molecule has 0 aromatic carbocycles. The third-order valence-electron chi connectivity index (χ3n) is 1.05. The lowest BCUT2D eigenvalue weighted by Gasteiger charge is -2.00. The molecule has 0 aliphatic carbocycles. The molecule has 0 unspecified atom stereocenters. The second-order valence-corrected chi connectivity index (χ2v) is 2.64. The van der Waals surface area contributed by atoms with Gasteiger partial charge < -0.3 is 5.32 Å². The fourth-order valence-electron chi connectivity index (χ4n) is 0.478.